The topological polar surface area (TPSA) is 65.0 Å². The minimum absolute atomic E-state index is 0.0228. The lowest BCUT2D eigenvalue weighted by Crippen LogP contribution is -2.52. The van der Waals surface area contributed by atoms with Crippen molar-refractivity contribution in [3.8, 4) is 5.75 Å². The van der Waals surface area contributed by atoms with Gasteiger partial charge in [-0.1, -0.05) is 36.4 Å². The number of ether oxygens (including phenoxy) is 1. The van der Waals surface area contributed by atoms with Crippen molar-refractivity contribution >= 4 is 16.7 Å². The summed E-state index contributed by atoms with van der Waals surface area (Å²) in [6, 6.07) is 13.9. The fraction of sp³-hybridized carbons (Fsp3) is 0.522. The van der Waals surface area contributed by atoms with Crippen LogP contribution in [0.2, 0.25) is 0 Å². The number of aliphatic hydroxyl groups excluding tert-OH is 1. The van der Waals surface area contributed by atoms with Crippen LogP contribution < -0.4 is 10.1 Å². The van der Waals surface area contributed by atoms with Gasteiger partial charge in [-0.2, -0.15) is 0 Å². The molecule has 0 spiro atoms. The number of hydrogen-bond donors (Lipinski definition) is 2. The molecule has 2 aliphatic rings. The first-order chi connectivity index (χ1) is 14.2. The Morgan fingerprint density at radius 2 is 1.93 bits per heavy atom. The van der Waals surface area contributed by atoms with E-state index in [9.17, 15) is 9.90 Å². The Hall–Kier alpha value is -2.15. The lowest BCUT2D eigenvalue weighted by molar-refractivity contribution is -0.135. The van der Waals surface area contributed by atoms with Crippen LogP contribution in [-0.2, 0) is 4.79 Å². The molecule has 2 atom stereocenters. The third-order valence-electron chi connectivity index (χ3n) is 6.15. The molecule has 2 heterocycles. The Kier molecular flexibility index (Phi) is 6.64. The molecule has 0 saturated carbocycles. The van der Waals surface area contributed by atoms with Crippen LogP contribution in [0.5, 0.6) is 5.75 Å². The summed E-state index contributed by atoms with van der Waals surface area (Å²) in [7, 11) is 0. The molecule has 0 radical (unpaired) electrons. The molecule has 2 unspecified atom stereocenters. The minimum Gasteiger partial charge on any atom is -0.483 e. The highest BCUT2D eigenvalue weighted by atomic mass is 16.5. The van der Waals surface area contributed by atoms with Gasteiger partial charge in [0.2, 0.25) is 0 Å². The first-order valence-electron chi connectivity index (χ1n) is 10.7. The van der Waals surface area contributed by atoms with Crippen LogP contribution in [0.3, 0.4) is 0 Å². The molecule has 156 valence electrons. The fourth-order valence-corrected chi connectivity index (χ4v) is 4.35. The minimum atomic E-state index is -0.292. The molecule has 0 aromatic heterocycles. The number of carbonyl (C=O) groups is 1. The van der Waals surface area contributed by atoms with E-state index in [0.29, 0.717) is 25.6 Å². The van der Waals surface area contributed by atoms with Gasteiger partial charge in [0.25, 0.3) is 5.91 Å². The van der Waals surface area contributed by atoms with Gasteiger partial charge < -0.3 is 20.1 Å². The summed E-state index contributed by atoms with van der Waals surface area (Å²) < 4.78 is 5.85. The Labute approximate surface area is 172 Å². The predicted molar refractivity (Wildman–Crippen MR) is 114 cm³/mol. The number of carbonyl (C=O) groups excluding carboxylic acids is 1. The van der Waals surface area contributed by atoms with E-state index >= 15 is 0 Å². The lowest BCUT2D eigenvalue weighted by atomic mass is 9.93. The largest absolute Gasteiger partial charge is 0.483 e. The molecular weight excluding hydrogens is 366 g/mol. The average Bonchev–Trinajstić information content (AvgIpc) is 2.78. The van der Waals surface area contributed by atoms with Crippen LogP contribution in [0.1, 0.15) is 12.8 Å². The highest BCUT2D eigenvalue weighted by Crippen LogP contribution is 2.25. The number of benzene rings is 2. The molecule has 0 bridgehead atoms. The van der Waals surface area contributed by atoms with Gasteiger partial charge in [-0.3, -0.25) is 9.69 Å². The summed E-state index contributed by atoms with van der Waals surface area (Å²) in [5.41, 5.74) is 0. The van der Waals surface area contributed by atoms with Gasteiger partial charge in [0, 0.05) is 44.7 Å². The van der Waals surface area contributed by atoms with E-state index in [1.165, 1.54) is 0 Å². The van der Waals surface area contributed by atoms with E-state index in [0.717, 1.165) is 55.5 Å². The van der Waals surface area contributed by atoms with Crippen molar-refractivity contribution in [2.75, 3.05) is 52.4 Å². The van der Waals surface area contributed by atoms with Crippen molar-refractivity contribution < 1.29 is 14.6 Å². The first kappa shape index (κ1) is 20.1. The number of nitrogens with one attached hydrogen (secondary N) is 1. The van der Waals surface area contributed by atoms with Gasteiger partial charge in [-0.05, 0) is 36.8 Å². The van der Waals surface area contributed by atoms with Gasteiger partial charge in [-0.15, -0.1) is 0 Å². The zero-order valence-electron chi connectivity index (χ0n) is 16.9. The summed E-state index contributed by atoms with van der Waals surface area (Å²) in [4.78, 5) is 16.8. The van der Waals surface area contributed by atoms with Crippen LogP contribution in [0.15, 0.2) is 42.5 Å². The molecule has 6 nitrogen and oxygen atoms in total. The zero-order valence-corrected chi connectivity index (χ0v) is 16.9. The maximum absolute atomic E-state index is 12.6. The first-order valence-corrected chi connectivity index (χ1v) is 10.7. The van der Waals surface area contributed by atoms with E-state index in [2.05, 4.69) is 10.2 Å². The molecular formula is C23H31N3O3. The molecule has 4 rings (SSSR count). The number of piperazine rings is 1. The summed E-state index contributed by atoms with van der Waals surface area (Å²) in [5.74, 6) is 1.12. The second-order valence-corrected chi connectivity index (χ2v) is 8.12. The van der Waals surface area contributed by atoms with E-state index in [1.54, 1.807) is 0 Å². The molecule has 2 saturated heterocycles. The van der Waals surface area contributed by atoms with Gasteiger partial charge in [0.05, 0.1) is 6.10 Å². The van der Waals surface area contributed by atoms with Gasteiger partial charge in [0.15, 0.2) is 6.61 Å². The third-order valence-corrected chi connectivity index (χ3v) is 6.15. The standard InChI is InChI=1S/C23H31N3O3/c27-21(19-7-4-10-24-15-19)16-25-11-13-26(14-12-25)23(28)17-29-22-9-3-6-18-5-1-2-8-20(18)22/h1-3,5-6,8-9,19,21,24,27H,4,7,10-17H2. The second kappa shape index (κ2) is 9.57. The Balaban J connectivity index is 1.24. The quantitative estimate of drug-likeness (QED) is 0.777. The molecule has 2 aromatic rings. The zero-order chi connectivity index (χ0) is 20.1. The van der Waals surface area contributed by atoms with E-state index < -0.39 is 0 Å². The van der Waals surface area contributed by atoms with Crippen LogP contribution in [0.25, 0.3) is 10.8 Å². The highest BCUT2D eigenvalue weighted by Gasteiger charge is 2.27. The van der Waals surface area contributed by atoms with Crippen LogP contribution in [0.4, 0.5) is 0 Å². The number of fused-ring (bicyclic) bond motifs is 1. The van der Waals surface area contributed by atoms with Gasteiger partial charge in [-0.25, -0.2) is 0 Å². The van der Waals surface area contributed by atoms with Crippen LogP contribution in [0, 0.1) is 5.92 Å². The number of aliphatic hydroxyl groups is 1. The van der Waals surface area contributed by atoms with Crippen molar-refractivity contribution in [1.29, 1.82) is 0 Å². The maximum atomic E-state index is 12.6. The number of β-amino-alcohol motifs (C(OH)–C–C–N with tert-alkyl or cyclic N) is 1. The molecule has 2 N–H and O–H groups in total. The number of rotatable bonds is 6. The number of piperidine rings is 1. The summed E-state index contributed by atoms with van der Waals surface area (Å²) in [6.45, 7) is 5.70. The average molecular weight is 398 g/mol. The van der Waals surface area contributed by atoms with Gasteiger partial charge >= 0.3 is 0 Å². The molecule has 6 heteroatoms. The molecule has 2 fully saturated rings. The Morgan fingerprint density at radius 1 is 1.14 bits per heavy atom. The molecule has 2 aliphatic heterocycles. The molecule has 0 aliphatic carbocycles. The van der Waals surface area contributed by atoms with E-state index in [1.807, 2.05) is 47.4 Å². The highest BCUT2D eigenvalue weighted by molar-refractivity contribution is 5.88. The maximum Gasteiger partial charge on any atom is 0.260 e. The second-order valence-electron chi connectivity index (χ2n) is 8.12. The van der Waals surface area contributed by atoms with Crippen molar-refractivity contribution in [3.63, 3.8) is 0 Å². The summed E-state index contributed by atoms with van der Waals surface area (Å²) in [5, 5.41) is 16.0. The van der Waals surface area contributed by atoms with Crippen LogP contribution in [-0.4, -0.2) is 79.3 Å². The van der Waals surface area contributed by atoms with Gasteiger partial charge in [0.1, 0.15) is 5.75 Å². The van der Waals surface area contributed by atoms with E-state index in [4.69, 9.17) is 4.74 Å². The Morgan fingerprint density at radius 3 is 2.72 bits per heavy atom. The third kappa shape index (κ3) is 5.07. The summed E-state index contributed by atoms with van der Waals surface area (Å²) >= 11 is 0. The SMILES string of the molecule is O=C(COc1cccc2ccccc12)N1CCN(CC(O)C2CCCNC2)CC1. The Bertz CT molecular complexity index is 809. The summed E-state index contributed by atoms with van der Waals surface area (Å²) in [6.07, 6.45) is 1.94. The number of hydrogen-bond acceptors (Lipinski definition) is 5. The van der Waals surface area contributed by atoms with Crippen molar-refractivity contribution in [2.24, 2.45) is 5.92 Å². The van der Waals surface area contributed by atoms with Crippen molar-refractivity contribution in [2.45, 2.75) is 18.9 Å². The van der Waals surface area contributed by atoms with E-state index in [-0.39, 0.29) is 18.6 Å². The fourth-order valence-electron chi connectivity index (χ4n) is 4.35. The normalized spacial score (nSPS) is 21.8. The smallest absolute Gasteiger partial charge is 0.260 e. The van der Waals surface area contributed by atoms with Crippen molar-refractivity contribution in [3.05, 3.63) is 42.5 Å². The van der Waals surface area contributed by atoms with Crippen LogP contribution >= 0.6 is 0 Å². The molecule has 2 aromatic carbocycles. The monoisotopic (exact) mass is 397 g/mol. The van der Waals surface area contributed by atoms with Crippen molar-refractivity contribution in [1.82, 2.24) is 15.1 Å². The molecule has 29 heavy (non-hydrogen) atoms. The molecule has 1 amide bonds. The number of amides is 1. The predicted octanol–water partition coefficient (Wildman–Crippen LogP) is 1.72. The number of nitrogens with zero attached hydrogens (tertiary/aromatic N) is 2. The lowest BCUT2D eigenvalue weighted by Gasteiger charge is -2.37.